The quantitative estimate of drug-likeness (QED) is 0.489. The molecule has 0 saturated heterocycles. The number of unbranched alkanes of at least 4 members (excludes halogenated alkanes) is 1. The summed E-state index contributed by atoms with van der Waals surface area (Å²) >= 11 is 5.88. The van der Waals surface area contributed by atoms with E-state index in [1.165, 1.54) is 0 Å². The van der Waals surface area contributed by atoms with Crippen LogP contribution in [0.1, 0.15) is 30.1 Å². The Morgan fingerprint density at radius 1 is 1.53 bits per heavy atom. The van der Waals surface area contributed by atoms with Crippen LogP contribution in [0.4, 0.5) is 5.69 Å². The van der Waals surface area contributed by atoms with Gasteiger partial charge in [-0.1, -0.05) is 31.0 Å². The average Bonchev–Trinajstić information content (AvgIpc) is 2.22. The largest absolute Gasteiger partial charge is 0.462 e. The molecule has 1 rings (SSSR count). The molecule has 0 radical (unpaired) electrons. The molecule has 1 aromatic carbocycles. The van der Waals surface area contributed by atoms with Crippen molar-refractivity contribution >= 4 is 23.3 Å². The van der Waals surface area contributed by atoms with Crippen LogP contribution in [0.2, 0.25) is 5.02 Å². The van der Waals surface area contributed by atoms with E-state index in [1.54, 1.807) is 18.2 Å². The van der Waals surface area contributed by atoms with E-state index in [4.69, 9.17) is 22.1 Å². The van der Waals surface area contributed by atoms with Crippen molar-refractivity contribution in [2.75, 3.05) is 12.3 Å². The van der Waals surface area contributed by atoms with Gasteiger partial charge in [0.15, 0.2) is 0 Å². The summed E-state index contributed by atoms with van der Waals surface area (Å²) in [5, 5.41) is 0.263. The van der Waals surface area contributed by atoms with Gasteiger partial charge >= 0.3 is 5.97 Å². The molecule has 0 saturated carbocycles. The number of nitrogen functional groups attached to an aromatic ring is 1. The van der Waals surface area contributed by atoms with Crippen LogP contribution < -0.4 is 5.73 Å². The number of anilines is 1. The third kappa shape index (κ3) is 3.13. The molecule has 0 amide bonds. The zero-order valence-electron chi connectivity index (χ0n) is 8.63. The summed E-state index contributed by atoms with van der Waals surface area (Å²) in [5.41, 5.74) is 6.29. The van der Waals surface area contributed by atoms with E-state index < -0.39 is 5.97 Å². The first-order valence-corrected chi connectivity index (χ1v) is 5.25. The molecule has 82 valence electrons. The topological polar surface area (TPSA) is 52.3 Å². The van der Waals surface area contributed by atoms with Gasteiger partial charge in [-0.05, 0) is 18.6 Å². The maximum absolute atomic E-state index is 11.5. The Morgan fingerprint density at radius 2 is 2.27 bits per heavy atom. The number of nitrogens with two attached hydrogens (primary N) is 1. The van der Waals surface area contributed by atoms with Gasteiger partial charge in [0.05, 0.1) is 22.9 Å². The highest BCUT2D eigenvalue weighted by Crippen LogP contribution is 2.23. The lowest BCUT2D eigenvalue weighted by atomic mass is 10.2. The maximum Gasteiger partial charge on any atom is 0.339 e. The van der Waals surface area contributed by atoms with E-state index in [2.05, 4.69) is 0 Å². The molecule has 0 unspecified atom stereocenters. The molecular weight excluding hydrogens is 214 g/mol. The molecule has 1 aromatic rings. The Morgan fingerprint density at radius 3 is 2.93 bits per heavy atom. The van der Waals surface area contributed by atoms with Gasteiger partial charge in [-0.2, -0.15) is 0 Å². The minimum absolute atomic E-state index is 0.263. The predicted octanol–water partition coefficient (Wildman–Crippen LogP) is 2.88. The van der Waals surface area contributed by atoms with E-state index in [-0.39, 0.29) is 5.02 Å². The standard InChI is InChI=1S/C11H14ClNO2/c1-2-3-7-15-11(14)8-5-4-6-9(13)10(8)12/h4-6H,2-3,7,13H2,1H3. The fraction of sp³-hybridized carbons (Fsp3) is 0.364. The summed E-state index contributed by atoms with van der Waals surface area (Å²) < 4.78 is 5.03. The average molecular weight is 228 g/mol. The molecule has 0 aliphatic carbocycles. The lowest BCUT2D eigenvalue weighted by molar-refractivity contribution is 0.0500. The number of ether oxygens (including phenoxy) is 1. The van der Waals surface area contributed by atoms with Crippen LogP contribution in [0.25, 0.3) is 0 Å². The molecule has 0 spiro atoms. The van der Waals surface area contributed by atoms with Crippen molar-refractivity contribution < 1.29 is 9.53 Å². The fourth-order valence-corrected chi connectivity index (χ4v) is 1.30. The Balaban J connectivity index is 2.69. The molecule has 2 N–H and O–H groups in total. The van der Waals surface area contributed by atoms with Crippen molar-refractivity contribution in [3.8, 4) is 0 Å². The van der Waals surface area contributed by atoms with Crippen LogP contribution in [-0.4, -0.2) is 12.6 Å². The van der Waals surface area contributed by atoms with E-state index in [0.29, 0.717) is 17.9 Å². The Bertz CT molecular complexity index is 352. The first kappa shape index (κ1) is 11.9. The SMILES string of the molecule is CCCCOC(=O)c1cccc(N)c1Cl. The fourth-order valence-electron chi connectivity index (χ4n) is 1.09. The second-order valence-electron chi connectivity index (χ2n) is 3.20. The van der Waals surface area contributed by atoms with E-state index >= 15 is 0 Å². The molecular formula is C11H14ClNO2. The molecule has 0 heterocycles. The van der Waals surface area contributed by atoms with E-state index in [0.717, 1.165) is 12.8 Å². The van der Waals surface area contributed by atoms with Gasteiger partial charge in [-0.25, -0.2) is 4.79 Å². The van der Waals surface area contributed by atoms with Crippen molar-refractivity contribution in [1.29, 1.82) is 0 Å². The third-order valence-electron chi connectivity index (χ3n) is 1.98. The number of carbonyl (C=O) groups excluding carboxylic acids is 1. The summed E-state index contributed by atoms with van der Waals surface area (Å²) in [4.78, 5) is 11.5. The Kier molecular flexibility index (Phi) is 4.43. The van der Waals surface area contributed by atoms with Gasteiger partial charge in [0, 0.05) is 0 Å². The summed E-state index contributed by atoms with van der Waals surface area (Å²) in [5.74, 6) is -0.416. The first-order chi connectivity index (χ1) is 7.16. The van der Waals surface area contributed by atoms with Crippen molar-refractivity contribution in [1.82, 2.24) is 0 Å². The van der Waals surface area contributed by atoms with Crippen LogP contribution in [0.5, 0.6) is 0 Å². The van der Waals surface area contributed by atoms with Crippen LogP contribution >= 0.6 is 11.6 Å². The Hall–Kier alpha value is -1.22. The van der Waals surface area contributed by atoms with Crippen LogP contribution in [0.15, 0.2) is 18.2 Å². The van der Waals surface area contributed by atoms with Gasteiger partial charge in [-0.15, -0.1) is 0 Å². The highest BCUT2D eigenvalue weighted by Gasteiger charge is 2.12. The van der Waals surface area contributed by atoms with Crippen molar-refractivity contribution in [2.45, 2.75) is 19.8 Å². The van der Waals surface area contributed by atoms with Gasteiger partial charge in [0.2, 0.25) is 0 Å². The lowest BCUT2D eigenvalue weighted by Crippen LogP contribution is -2.07. The van der Waals surface area contributed by atoms with Gasteiger partial charge in [-0.3, -0.25) is 0 Å². The third-order valence-corrected chi connectivity index (χ3v) is 2.40. The van der Waals surface area contributed by atoms with Crippen molar-refractivity contribution in [2.24, 2.45) is 0 Å². The number of hydrogen-bond acceptors (Lipinski definition) is 3. The second kappa shape index (κ2) is 5.61. The summed E-state index contributed by atoms with van der Waals surface area (Å²) in [7, 11) is 0. The van der Waals surface area contributed by atoms with Gasteiger partial charge < -0.3 is 10.5 Å². The molecule has 15 heavy (non-hydrogen) atoms. The van der Waals surface area contributed by atoms with Crippen LogP contribution in [-0.2, 0) is 4.74 Å². The maximum atomic E-state index is 11.5. The smallest absolute Gasteiger partial charge is 0.339 e. The number of hydrogen-bond donors (Lipinski definition) is 1. The zero-order chi connectivity index (χ0) is 11.3. The summed E-state index contributed by atoms with van der Waals surface area (Å²) in [6, 6.07) is 4.93. The van der Waals surface area contributed by atoms with E-state index in [9.17, 15) is 4.79 Å². The predicted molar refractivity (Wildman–Crippen MR) is 61.1 cm³/mol. The van der Waals surface area contributed by atoms with Crippen LogP contribution in [0.3, 0.4) is 0 Å². The second-order valence-corrected chi connectivity index (χ2v) is 3.58. The van der Waals surface area contributed by atoms with Gasteiger partial charge in [0.1, 0.15) is 0 Å². The number of carbonyl (C=O) groups is 1. The van der Waals surface area contributed by atoms with Crippen LogP contribution in [0, 0.1) is 0 Å². The molecule has 0 aliphatic rings. The Labute approximate surface area is 94.2 Å². The molecule has 0 aliphatic heterocycles. The first-order valence-electron chi connectivity index (χ1n) is 4.88. The highest BCUT2D eigenvalue weighted by atomic mass is 35.5. The van der Waals surface area contributed by atoms with Crippen molar-refractivity contribution in [3.05, 3.63) is 28.8 Å². The number of esters is 1. The molecule has 3 nitrogen and oxygen atoms in total. The van der Waals surface area contributed by atoms with Gasteiger partial charge in [0.25, 0.3) is 0 Å². The monoisotopic (exact) mass is 227 g/mol. The van der Waals surface area contributed by atoms with Crippen molar-refractivity contribution in [3.63, 3.8) is 0 Å². The molecule has 0 atom stereocenters. The summed E-state index contributed by atoms with van der Waals surface area (Å²) in [6.07, 6.45) is 1.84. The molecule has 0 aromatic heterocycles. The minimum atomic E-state index is -0.416. The highest BCUT2D eigenvalue weighted by molar-refractivity contribution is 6.36. The molecule has 0 fully saturated rings. The minimum Gasteiger partial charge on any atom is -0.462 e. The molecule has 0 bridgehead atoms. The van der Waals surface area contributed by atoms with E-state index in [1.807, 2.05) is 6.92 Å². The zero-order valence-corrected chi connectivity index (χ0v) is 9.38. The summed E-state index contributed by atoms with van der Waals surface area (Å²) in [6.45, 7) is 2.45. The number of benzene rings is 1. The lowest BCUT2D eigenvalue weighted by Gasteiger charge is -2.06. The number of rotatable bonds is 4. The molecule has 4 heteroatoms. The number of halogens is 1. The normalized spacial score (nSPS) is 10.0.